The molecule has 1 atom stereocenters. The zero-order chi connectivity index (χ0) is 13.1. The van der Waals surface area contributed by atoms with Crippen LogP contribution in [0.2, 0.25) is 5.02 Å². The molecule has 0 spiro atoms. The largest absolute Gasteiger partial charge is 0.392 e. The van der Waals surface area contributed by atoms with Crippen LogP contribution in [0, 0.1) is 5.92 Å². The molecule has 4 heteroatoms. The zero-order valence-electron chi connectivity index (χ0n) is 10.6. The van der Waals surface area contributed by atoms with Crippen molar-refractivity contribution in [3.8, 4) is 0 Å². The van der Waals surface area contributed by atoms with Crippen molar-refractivity contribution in [1.29, 1.82) is 0 Å². The zero-order valence-corrected chi connectivity index (χ0v) is 12.2. The van der Waals surface area contributed by atoms with Gasteiger partial charge in [0.2, 0.25) is 0 Å². The Labute approximate surface area is 119 Å². The van der Waals surface area contributed by atoms with E-state index in [1.165, 1.54) is 12.8 Å². The molecule has 1 fully saturated rings. The van der Waals surface area contributed by atoms with Gasteiger partial charge in [0.15, 0.2) is 0 Å². The number of piperidine rings is 1. The van der Waals surface area contributed by atoms with Crippen LogP contribution in [0.5, 0.6) is 0 Å². The number of rotatable bonds is 3. The standard InChI is InChI=1S/C14H19ClN2S/c1-10-6-8-17(9-7-10)13(14(16)18)11-4-2-3-5-12(11)15/h2-5,10,13H,6-9H2,1H3,(H2,16,18). The van der Waals surface area contributed by atoms with Crippen LogP contribution in [0.25, 0.3) is 0 Å². The summed E-state index contributed by atoms with van der Waals surface area (Å²) in [7, 11) is 0. The van der Waals surface area contributed by atoms with Crippen LogP contribution in [0.4, 0.5) is 0 Å². The Kier molecular flexibility index (Phi) is 4.60. The van der Waals surface area contributed by atoms with Gasteiger partial charge in [0.1, 0.15) is 0 Å². The van der Waals surface area contributed by atoms with Crippen LogP contribution < -0.4 is 5.73 Å². The molecule has 1 aliphatic rings. The van der Waals surface area contributed by atoms with Crippen molar-refractivity contribution in [2.75, 3.05) is 13.1 Å². The minimum Gasteiger partial charge on any atom is -0.392 e. The van der Waals surface area contributed by atoms with E-state index in [0.29, 0.717) is 4.99 Å². The molecule has 0 aliphatic carbocycles. The number of thiocarbonyl (C=S) groups is 1. The molecule has 0 radical (unpaired) electrons. The van der Waals surface area contributed by atoms with E-state index >= 15 is 0 Å². The summed E-state index contributed by atoms with van der Waals surface area (Å²) in [6, 6.07) is 7.81. The molecule has 0 bridgehead atoms. The predicted molar refractivity (Wildman–Crippen MR) is 80.9 cm³/mol. The average Bonchev–Trinajstić information content (AvgIpc) is 2.34. The summed E-state index contributed by atoms with van der Waals surface area (Å²) in [6.07, 6.45) is 2.40. The van der Waals surface area contributed by atoms with Crippen LogP contribution in [-0.4, -0.2) is 23.0 Å². The van der Waals surface area contributed by atoms with Gasteiger partial charge >= 0.3 is 0 Å². The summed E-state index contributed by atoms with van der Waals surface area (Å²) in [5.74, 6) is 0.791. The molecule has 2 rings (SSSR count). The summed E-state index contributed by atoms with van der Waals surface area (Å²) in [5.41, 5.74) is 6.96. The lowest BCUT2D eigenvalue weighted by atomic mass is 9.95. The van der Waals surface area contributed by atoms with E-state index in [-0.39, 0.29) is 6.04 Å². The number of likely N-dealkylation sites (tertiary alicyclic amines) is 1. The van der Waals surface area contributed by atoms with Gasteiger partial charge in [-0.3, -0.25) is 4.90 Å². The molecule has 1 aliphatic heterocycles. The highest BCUT2D eigenvalue weighted by Gasteiger charge is 2.27. The molecule has 18 heavy (non-hydrogen) atoms. The number of hydrogen-bond donors (Lipinski definition) is 1. The maximum atomic E-state index is 6.27. The van der Waals surface area contributed by atoms with E-state index in [9.17, 15) is 0 Å². The average molecular weight is 283 g/mol. The third-order valence-corrected chi connectivity index (χ3v) is 4.22. The topological polar surface area (TPSA) is 29.3 Å². The highest BCUT2D eigenvalue weighted by molar-refractivity contribution is 7.80. The van der Waals surface area contributed by atoms with Crippen LogP contribution in [0.1, 0.15) is 31.4 Å². The molecule has 0 amide bonds. The van der Waals surface area contributed by atoms with Crippen molar-refractivity contribution in [2.45, 2.75) is 25.8 Å². The molecular weight excluding hydrogens is 264 g/mol. The van der Waals surface area contributed by atoms with Gasteiger partial charge in [-0.05, 0) is 43.5 Å². The number of nitrogens with two attached hydrogens (primary N) is 1. The van der Waals surface area contributed by atoms with Crippen molar-refractivity contribution in [2.24, 2.45) is 11.7 Å². The molecule has 1 unspecified atom stereocenters. The molecule has 0 aromatic heterocycles. The fraction of sp³-hybridized carbons (Fsp3) is 0.500. The van der Waals surface area contributed by atoms with Crippen molar-refractivity contribution in [1.82, 2.24) is 4.90 Å². The second kappa shape index (κ2) is 6.00. The van der Waals surface area contributed by atoms with Crippen molar-refractivity contribution < 1.29 is 0 Å². The van der Waals surface area contributed by atoms with E-state index in [2.05, 4.69) is 11.8 Å². The first-order valence-corrected chi connectivity index (χ1v) is 7.16. The maximum absolute atomic E-state index is 6.27. The van der Waals surface area contributed by atoms with Gasteiger partial charge in [-0.15, -0.1) is 0 Å². The van der Waals surface area contributed by atoms with Crippen LogP contribution >= 0.6 is 23.8 Å². The summed E-state index contributed by atoms with van der Waals surface area (Å²) in [6.45, 7) is 4.37. The molecule has 1 saturated heterocycles. The normalized spacial score (nSPS) is 19.7. The first-order chi connectivity index (χ1) is 8.59. The SMILES string of the molecule is CC1CCN(C(C(N)=S)c2ccccc2Cl)CC1. The molecule has 98 valence electrons. The fourth-order valence-corrected chi connectivity index (χ4v) is 3.03. The summed E-state index contributed by atoms with van der Waals surface area (Å²) >= 11 is 11.5. The van der Waals surface area contributed by atoms with Gasteiger partial charge in [-0.2, -0.15) is 0 Å². The minimum atomic E-state index is -0.0267. The molecule has 2 nitrogen and oxygen atoms in total. The van der Waals surface area contributed by atoms with Crippen LogP contribution in [0.15, 0.2) is 24.3 Å². The molecular formula is C14H19ClN2S. The van der Waals surface area contributed by atoms with Crippen molar-refractivity contribution in [3.05, 3.63) is 34.9 Å². The molecule has 2 N–H and O–H groups in total. The summed E-state index contributed by atoms with van der Waals surface area (Å²) < 4.78 is 0. The van der Waals surface area contributed by atoms with E-state index in [1.54, 1.807) is 0 Å². The van der Waals surface area contributed by atoms with Crippen LogP contribution in [-0.2, 0) is 0 Å². The molecule has 0 saturated carbocycles. The lowest BCUT2D eigenvalue weighted by molar-refractivity contribution is 0.171. The van der Waals surface area contributed by atoms with Crippen LogP contribution in [0.3, 0.4) is 0 Å². The number of halogens is 1. The first kappa shape index (κ1) is 13.8. The van der Waals surface area contributed by atoms with Gasteiger partial charge in [0.25, 0.3) is 0 Å². The number of nitrogens with zero attached hydrogens (tertiary/aromatic N) is 1. The first-order valence-electron chi connectivity index (χ1n) is 6.37. The Morgan fingerprint density at radius 1 is 1.39 bits per heavy atom. The Morgan fingerprint density at radius 3 is 2.56 bits per heavy atom. The van der Waals surface area contributed by atoms with Gasteiger partial charge in [-0.1, -0.05) is 48.9 Å². The highest BCUT2D eigenvalue weighted by atomic mass is 35.5. The quantitative estimate of drug-likeness (QED) is 0.862. The molecule has 1 heterocycles. The number of hydrogen-bond acceptors (Lipinski definition) is 2. The van der Waals surface area contributed by atoms with Crippen molar-refractivity contribution in [3.63, 3.8) is 0 Å². The van der Waals surface area contributed by atoms with E-state index in [4.69, 9.17) is 29.6 Å². The Bertz CT molecular complexity index is 428. The smallest absolute Gasteiger partial charge is 0.0948 e. The minimum absolute atomic E-state index is 0.0267. The third-order valence-electron chi connectivity index (χ3n) is 3.65. The monoisotopic (exact) mass is 282 g/mol. The third kappa shape index (κ3) is 3.02. The summed E-state index contributed by atoms with van der Waals surface area (Å²) in [5, 5.41) is 0.744. The molecule has 1 aromatic carbocycles. The maximum Gasteiger partial charge on any atom is 0.0948 e. The highest BCUT2D eigenvalue weighted by Crippen LogP contribution is 2.31. The predicted octanol–water partition coefficient (Wildman–Crippen LogP) is 3.40. The summed E-state index contributed by atoms with van der Waals surface area (Å²) in [4.78, 5) is 2.86. The fourth-order valence-electron chi connectivity index (χ4n) is 2.51. The lowest BCUT2D eigenvalue weighted by Crippen LogP contribution is -2.41. The Hall–Kier alpha value is -0.640. The lowest BCUT2D eigenvalue weighted by Gasteiger charge is -2.36. The molecule has 1 aromatic rings. The van der Waals surface area contributed by atoms with Crippen molar-refractivity contribution >= 4 is 28.8 Å². The van der Waals surface area contributed by atoms with E-state index < -0.39 is 0 Å². The second-order valence-corrected chi connectivity index (χ2v) is 5.92. The van der Waals surface area contributed by atoms with Gasteiger partial charge in [-0.25, -0.2) is 0 Å². The Balaban J connectivity index is 2.24. The van der Waals surface area contributed by atoms with Gasteiger partial charge in [0, 0.05) is 5.02 Å². The number of benzene rings is 1. The second-order valence-electron chi connectivity index (χ2n) is 5.04. The van der Waals surface area contributed by atoms with E-state index in [1.807, 2.05) is 24.3 Å². The van der Waals surface area contributed by atoms with Gasteiger partial charge in [0.05, 0.1) is 11.0 Å². The van der Waals surface area contributed by atoms with Gasteiger partial charge < -0.3 is 5.73 Å². The Morgan fingerprint density at radius 2 is 2.00 bits per heavy atom. The van der Waals surface area contributed by atoms with E-state index in [0.717, 1.165) is 29.6 Å².